The third kappa shape index (κ3) is 1.77. The first-order valence-corrected chi connectivity index (χ1v) is 4.03. The molecule has 0 spiro atoms. The fraction of sp³-hybridized carbons (Fsp3) is 0. The van der Waals surface area contributed by atoms with E-state index in [-0.39, 0.29) is 5.88 Å². The minimum atomic E-state index is 0.270. The van der Waals surface area contributed by atoms with Gasteiger partial charge in [0, 0.05) is 0 Å². The molecule has 2 N–H and O–H groups in total. The Labute approximate surface area is 80.5 Å². The molecule has 0 radical (unpaired) electrons. The Morgan fingerprint density at radius 1 is 1.14 bits per heavy atom. The van der Waals surface area contributed by atoms with Crippen LogP contribution in [0.2, 0.25) is 0 Å². The average molecular weight is 188 g/mol. The van der Waals surface area contributed by atoms with Gasteiger partial charge >= 0.3 is 0 Å². The Morgan fingerprint density at radius 2 is 1.93 bits per heavy atom. The van der Waals surface area contributed by atoms with Crippen LogP contribution >= 0.6 is 0 Å². The molecule has 2 aromatic rings. The van der Waals surface area contributed by atoms with E-state index in [0.29, 0.717) is 11.4 Å². The zero-order valence-electron chi connectivity index (χ0n) is 7.29. The minimum Gasteiger partial charge on any atom is -0.436 e. The highest BCUT2D eigenvalue weighted by Gasteiger charge is 2.02. The zero-order chi connectivity index (χ0) is 9.80. The molecule has 2 rings (SSSR count). The van der Waals surface area contributed by atoms with E-state index in [1.165, 1.54) is 6.20 Å². The van der Waals surface area contributed by atoms with Crippen molar-refractivity contribution in [1.29, 1.82) is 0 Å². The number of hydrogen-bond acceptors (Lipinski definition) is 5. The Hall–Kier alpha value is -2.17. The van der Waals surface area contributed by atoms with Crippen LogP contribution in [0.25, 0.3) is 0 Å². The van der Waals surface area contributed by atoms with Gasteiger partial charge in [0.2, 0.25) is 0 Å². The molecular formula is C9H8N4O. The monoisotopic (exact) mass is 188 g/mol. The van der Waals surface area contributed by atoms with Crippen LogP contribution in [0.1, 0.15) is 0 Å². The Balaban J connectivity index is 2.24. The molecular weight excluding hydrogens is 180 g/mol. The number of hydrogen-bond donors (Lipinski definition) is 1. The van der Waals surface area contributed by atoms with Gasteiger partial charge in [0.1, 0.15) is 11.4 Å². The van der Waals surface area contributed by atoms with Gasteiger partial charge in [-0.1, -0.05) is 23.3 Å². The van der Waals surface area contributed by atoms with E-state index in [1.54, 1.807) is 0 Å². The number of para-hydroxylation sites is 1. The smallest absolute Gasteiger partial charge is 0.265 e. The predicted octanol–water partition coefficient (Wildman–Crippen LogP) is 1.25. The molecule has 70 valence electrons. The molecule has 0 saturated carbocycles. The number of nitrogens with zero attached hydrogens (tertiary/aromatic N) is 3. The summed E-state index contributed by atoms with van der Waals surface area (Å²) >= 11 is 0. The minimum absolute atomic E-state index is 0.270. The first-order chi connectivity index (χ1) is 6.86. The molecule has 0 amide bonds. The van der Waals surface area contributed by atoms with Crippen LogP contribution in [0.3, 0.4) is 0 Å². The lowest BCUT2D eigenvalue weighted by atomic mass is 10.3. The summed E-state index contributed by atoms with van der Waals surface area (Å²) < 4.78 is 5.37. The molecule has 5 nitrogen and oxygen atoms in total. The normalized spacial score (nSPS) is 9.71. The summed E-state index contributed by atoms with van der Waals surface area (Å²) in [6.45, 7) is 0. The van der Waals surface area contributed by atoms with Crippen LogP contribution in [-0.2, 0) is 0 Å². The summed E-state index contributed by atoms with van der Waals surface area (Å²) in [5.41, 5.74) is 5.94. The van der Waals surface area contributed by atoms with E-state index in [4.69, 9.17) is 10.5 Å². The topological polar surface area (TPSA) is 73.9 Å². The van der Waals surface area contributed by atoms with E-state index < -0.39 is 0 Å². The van der Waals surface area contributed by atoms with Crippen molar-refractivity contribution < 1.29 is 4.74 Å². The van der Waals surface area contributed by atoms with Crippen LogP contribution in [0, 0.1) is 0 Å². The lowest BCUT2D eigenvalue weighted by molar-refractivity contribution is 0.453. The molecule has 0 unspecified atom stereocenters. The number of nitrogens with two attached hydrogens (primary N) is 1. The Bertz CT molecular complexity index is 418. The summed E-state index contributed by atoms with van der Waals surface area (Å²) in [5.74, 6) is 0.936. The van der Waals surface area contributed by atoms with Crippen molar-refractivity contribution >= 4 is 5.69 Å². The van der Waals surface area contributed by atoms with Crippen molar-refractivity contribution in [3.63, 3.8) is 0 Å². The van der Waals surface area contributed by atoms with E-state index in [0.717, 1.165) is 0 Å². The van der Waals surface area contributed by atoms with E-state index >= 15 is 0 Å². The van der Waals surface area contributed by atoms with Crippen molar-refractivity contribution in [2.45, 2.75) is 0 Å². The first-order valence-electron chi connectivity index (χ1n) is 4.03. The third-order valence-electron chi connectivity index (χ3n) is 1.59. The second kappa shape index (κ2) is 3.69. The summed E-state index contributed by atoms with van der Waals surface area (Å²) in [7, 11) is 0. The van der Waals surface area contributed by atoms with E-state index in [2.05, 4.69) is 15.4 Å². The molecule has 0 fully saturated rings. The van der Waals surface area contributed by atoms with Crippen molar-refractivity contribution in [2.24, 2.45) is 0 Å². The molecule has 0 aliphatic heterocycles. The lowest BCUT2D eigenvalue weighted by Gasteiger charge is -2.04. The molecule has 0 bridgehead atoms. The molecule has 0 saturated heterocycles. The number of anilines is 1. The molecule has 0 atom stereocenters. The van der Waals surface area contributed by atoms with Gasteiger partial charge in [-0.2, -0.15) is 0 Å². The number of nitrogen functional groups attached to an aromatic ring is 1. The number of rotatable bonds is 2. The third-order valence-corrected chi connectivity index (χ3v) is 1.59. The number of aromatic nitrogens is 3. The second-order valence-electron chi connectivity index (χ2n) is 2.61. The summed E-state index contributed by atoms with van der Waals surface area (Å²) in [6.07, 6.45) is 1.39. The molecule has 5 heteroatoms. The maximum absolute atomic E-state index is 5.58. The highest BCUT2D eigenvalue weighted by molar-refractivity contribution is 5.46. The van der Waals surface area contributed by atoms with Crippen LogP contribution < -0.4 is 10.5 Å². The summed E-state index contributed by atoms with van der Waals surface area (Å²) in [5, 5.41) is 10.6. The molecule has 0 aliphatic carbocycles. The molecule has 1 heterocycles. The van der Waals surface area contributed by atoms with Gasteiger partial charge in [-0.15, -0.1) is 5.10 Å². The first kappa shape index (κ1) is 8.43. The van der Waals surface area contributed by atoms with Crippen LogP contribution in [0.5, 0.6) is 11.6 Å². The molecule has 1 aromatic carbocycles. The Kier molecular flexibility index (Phi) is 2.22. The largest absolute Gasteiger partial charge is 0.436 e. The maximum Gasteiger partial charge on any atom is 0.265 e. The van der Waals surface area contributed by atoms with Gasteiger partial charge in [0.05, 0.1) is 6.20 Å². The quantitative estimate of drug-likeness (QED) is 0.767. The van der Waals surface area contributed by atoms with Crippen molar-refractivity contribution in [3.8, 4) is 11.6 Å². The zero-order valence-corrected chi connectivity index (χ0v) is 7.29. The van der Waals surface area contributed by atoms with Crippen LogP contribution in [-0.4, -0.2) is 15.4 Å². The van der Waals surface area contributed by atoms with Gasteiger partial charge < -0.3 is 10.5 Å². The van der Waals surface area contributed by atoms with Gasteiger partial charge in [-0.05, 0) is 17.3 Å². The highest BCUT2D eigenvalue weighted by atomic mass is 16.5. The van der Waals surface area contributed by atoms with Crippen LogP contribution in [0.4, 0.5) is 5.69 Å². The fourth-order valence-electron chi connectivity index (χ4n) is 0.947. The number of benzene rings is 1. The van der Waals surface area contributed by atoms with Crippen molar-refractivity contribution in [1.82, 2.24) is 15.4 Å². The van der Waals surface area contributed by atoms with Gasteiger partial charge in [-0.25, -0.2) is 0 Å². The van der Waals surface area contributed by atoms with Gasteiger partial charge in [-0.3, -0.25) is 0 Å². The number of ether oxygens (including phenoxy) is 1. The lowest BCUT2D eigenvalue weighted by Crippen LogP contribution is -1.98. The highest BCUT2D eigenvalue weighted by Crippen LogP contribution is 2.22. The predicted molar refractivity (Wildman–Crippen MR) is 50.8 cm³/mol. The van der Waals surface area contributed by atoms with Gasteiger partial charge in [0.25, 0.3) is 5.88 Å². The fourth-order valence-corrected chi connectivity index (χ4v) is 0.947. The second-order valence-corrected chi connectivity index (χ2v) is 2.61. The molecule has 14 heavy (non-hydrogen) atoms. The average Bonchev–Trinajstić information content (AvgIpc) is 2.23. The van der Waals surface area contributed by atoms with E-state index in [1.807, 2.05) is 30.3 Å². The maximum atomic E-state index is 5.58. The van der Waals surface area contributed by atoms with Gasteiger partial charge in [0.15, 0.2) is 0 Å². The summed E-state index contributed by atoms with van der Waals surface area (Å²) in [4.78, 5) is 0. The summed E-state index contributed by atoms with van der Waals surface area (Å²) in [6, 6.07) is 9.23. The van der Waals surface area contributed by atoms with Crippen molar-refractivity contribution in [3.05, 3.63) is 36.5 Å². The molecule has 1 aromatic heterocycles. The van der Waals surface area contributed by atoms with E-state index in [9.17, 15) is 0 Å². The van der Waals surface area contributed by atoms with Crippen LogP contribution in [0.15, 0.2) is 36.5 Å². The Morgan fingerprint density at radius 3 is 2.64 bits per heavy atom. The SMILES string of the molecule is Nc1cnnnc1Oc1ccccc1. The van der Waals surface area contributed by atoms with Crippen molar-refractivity contribution in [2.75, 3.05) is 5.73 Å². The standard InChI is InChI=1S/C9H8N4O/c10-8-6-11-13-12-9(8)14-7-4-2-1-3-5-7/h1-6H,(H2,10,13). The molecule has 0 aliphatic rings.